The van der Waals surface area contributed by atoms with Gasteiger partial charge < -0.3 is 22.8 Å². The predicted octanol–water partition coefficient (Wildman–Crippen LogP) is -4.03. The van der Waals surface area contributed by atoms with Gasteiger partial charge >= 0.3 is 29.6 Å². The summed E-state index contributed by atoms with van der Waals surface area (Å²) in [6.45, 7) is -0.614. The summed E-state index contributed by atoms with van der Waals surface area (Å²) in [6, 6.07) is 0. The van der Waals surface area contributed by atoms with Crippen molar-refractivity contribution in [2.45, 2.75) is 12.5 Å². The van der Waals surface area contributed by atoms with E-state index in [9.17, 15) is 8.42 Å². The zero-order chi connectivity index (χ0) is 7.98. The third kappa shape index (κ3) is 8.74. The van der Waals surface area contributed by atoms with E-state index in [1.807, 2.05) is 0 Å². The molecule has 0 aliphatic carbocycles. The van der Waals surface area contributed by atoms with Crippen molar-refractivity contribution in [2.75, 3.05) is 13.2 Å². The van der Waals surface area contributed by atoms with Gasteiger partial charge in [-0.25, -0.2) is 0 Å². The molecule has 0 spiro atoms. The Balaban J connectivity index is 0. The first-order valence-corrected chi connectivity index (χ1v) is 3.68. The molecule has 0 saturated carbocycles. The van der Waals surface area contributed by atoms with Crippen molar-refractivity contribution < 1.29 is 52.4 Å². The summed E-state index contributed by atoms with van der Waals surface area (Å²) in [5.41, 5.74) is 0. The maximum Gasteiger partial charge on any atom is 1.00 e. The van der Waals surface area contributed by atoms with Crippen LogP contribution >= 0.6 is 0 Å². The fraction of sp³-hybridized carbons (Fsp3) is 1.00. The first kappa shape index (κ1) is 14.4. The van der Waals surface area contributed by atoms with Crippen molar-refractivity contribution in [3.63, 3.8) is 0 Å². The molecule has 0 aromatic carbocycles. The van der Waals surface area contributed by atoms with Crippen LogP contribution in [0, 0.1) is 0 Å². The third-order valence-electron chi connectivity index (χ3n) is 0.869. The summed E-state index contributed by atoms with van der Waals surface area (Å²) in [5.74, 6) is 0. The average molecular weight is 192 g/mol. The monoisotopic (exact) mass is 192 g/mol. The van der Waals surface area contributed by atoms with Crippen LogP contribution < -0.4 is 29.6 Å². The molecule has 0 fully saturated rings. The molecule has 7 heteroatoms. The zero-order valence-electron chi connectivity index (χ0n) is 6.23. The van der Waals surface area contributed by atoms with Crippen LogP contribution in [0.2, 0.25) is 0 Å². The Labute approximate surface area is 88.8 Å². The average Bonchev–Trinajstić information content (AvgIpc) is 1.86. The SMILES string of the molecule is O=[S-](=O)OC(CO)CCO.[Na+]. The normalized spacial score (nSPS) is 12.6. The van der Waals surface area contributed by atoms with Crippen LogP contribution in [-0.2, 0) is 23.6 Å². The molecule has 0 amide bonds. The second-order valence-electron chi connectivity index (χ2n) is 1.62. The van der Waals surface area contributed by atoms with Gasteiger partial charge in [0, 0.05) is 6.61 Å². The standard InChI is InChI=1S/C4H9O5S.Na/c5-2-1-4(3-6)9-10(7)8;/h4-6H,1-3H2;/q-1;+1. The van der Waals surface area contributed by atoms with Crippen LogP contribution in [-0.4, -0.2) is 29.5 Å². The van der Waals surface area contributed by atoms with E-state index in [4.69, 9.17) is 10.2 Å². The zero-order valence-corrected chi connectivity index (χ0v) is 9.04. The molecule has 2 N–H and O–H groups in total. The van der Waals surface area contributed by atoms with Crippen LogP contribution in [0.15, 0.2) is 0 Å². The molecule has 0 saturated heterocycles. The van der Waals surface area contributed by atoms with Gasteiger partial charge in [0.1, 0.15) is 0 Å². The summed E-state index contributed by atoms with van der Waals surface area (Å²) in [6.07, 6.45) is -0.701. The van der Waals surface area contributed by atoms with Crippen molar-refractivity contribution in [1.82, 2.24) is 0 Å². The molecule has 0 aromatic heterocycles. The van der Waals surface area contributed by atoms with Gasteiger partial charge in [0.25, 0.3) is 0 Å². The predicted molar refractivity (Wildman–Crippen MR) is 32.4 cm³/mol. The van der Waals surface area contributed by atoms with Gasteiger partial charge in [-0.1, -0.05) is 0 Å². The number of aliphatic hydroxyl groups is 2. The van der Waals surface area contributed by atoms with Crippen LogP contribution in [0.3, 0.4) is 0 Å². The largest absolute Gasteiger partial charge is 1.00 e. The van der Waals surface area contributed by atoms with E-state index in [1.54, 1.807) is 0 Å². The third-order valence-corrected chi connectivity index (χ3v) is 1.30. The molecular formula is C4H9NaO5S. The van der Waals surface area contributed by atoms with Crippen molar-refractivity contribution in [3.05, 3.63) is 0 Å². The molecule has 0 aromatic rings. The molecule has 0 rings (SSSR count). The van der Waals surface area contributed by atoms with Crippen molar-refractivity contribution in [3.8, 4) is 0 Å². The number of hydrogen-bond donors (Lipinski definition) is 2. The summed E-state index contributed by atoms with van der Waals surface area (Å²) >= 11 is 0. The molecule has 0 aliphatic heterocycles. The summed E-state index contributed by atoms with van der Waals surface area (Å²) in [4.78, 5) is 0. The summed E-state index contributed by atoms with van der Waals surface area (Å²) < 4.78 is 23.8. The van der Waals surface area contributed by atoms with E-state index in [0.29, 0.717) is 0 Å². The van der Waals surface area contributed by atoms with Gasteiger partial charge in [-0.3, -0.25) is 0 Å². The van der Waals surface area contributed by atoms with Crippen LogP contribution in [0.4, 0.5) is 0 Å². The van der Waals surface area contributed by atoms with Crippen LogP contribution in [0.1, 0.15) is 6.42 Å². The first-order chi connectivity index (χ1) is 4.70. The minimum absolute atomic E-state index is 0. The second kappa shape index (κ2) is 8.92. The maximum absolute atomic E-state index is 9.83. The summed E-state index contributed by atoms with van der Waals surface area (Å²) in [5, 5.41) is 16.7. The Kier molecular flexibility index (Phi) is 11.6. The smallest absolute Gasteiger partial charge is 0.419 e. The second-order valence-corrected chi connectivity index (χ2v) is 2.22. The molecule has 11 heavy (non-hydrogen) atoms. The summed E-state index contributed by atoms with van der Waals surface area (Å²) in [7, 11) is -2.62. The van der Waals surface area contributed by atoms with Crippen molar-refractivity contribution >= 4 is 11.0 Å². The Morgan fingerprint density at radius 2 is 1.91 bits per heavy atom. The van der Waals surface area contributed by atoms with E-state index < -0.39 is 23.7 Å². The minimum atomic E-state index is -2.62. The van der Waals surface area contributed by atoms with E-state index in [0.717, 1.165) is 0 Å². The fourth-order valence-electron chi connectivity index (χ4n) is 0.425. The topological polar surface area (TPSA) is 83.8 Å². The van der Waals surface area contributed by atoms with Crippen LogP contribution in [0.25, 0.3) is 0 Å². The number of rotatable bonds is 5. The van der Waals surface area contributed by atoms with E-state index in [-0.39, 0.29) is 42.6 Å². The first-order valence-electron chi connectivity index (χ1n) is 2.68. The number of aliphatic hydroxyl groups excluding tert-OH is 2. The Morgan fingerprint density at radius 1 is 1.36 bits per heavy atom. The van der Waals surface area contributed by atoms with Crippen LogP contribution in [0.5, 0.6) is 0 Å². The molecule has 0 bridgehead atoms. The van der Waals surface area contributed by atoms with Gasteiger partial charge in [0.15, 0.2) is 0 Å². The van der Waals surface area contributed by atoms with E-state index in [2.05, 4.69) is 4.18 Å². The molecular weight excluding hydrogens is 183 g/mol. The molecule has 1 atom stereocenters. The quantitative estimate of drug-likeness (QED) is 0.342. The van der Waals surface area contributed by atoms with Gasteiger partial charge in [-0.05, 0) is 6.42 Å². The molecule has 5 nitrogen and oxygen atoms in total. The Bertz CT molecular complexity index is 139. The molecule has 0 heterocycles. The maximum atomic E-state index is 9.83. The van der Waals surface area contributed by atoms with Gasteiger partial charge in [-0.15, -0.1) is 0 Å². The molecule has 0 radical (unpaired) electrons. The van der Waals surface area contributed by atoms with E-state index in [1.165, 1.54) is 0 Å². The van der Waals surface area contributed by atoms with Gasteiger partial charge in [-0.2, -0.15) is 0 Å². The van der Waals surface area contributed by atoms with E-state index >= 15 is 0 Å². The number of hydrogen-bond acceptors (Lipinski definition) is 6. The molecule has 62 valence electrons. The van der Waals surface area contributed by atoms with Crippen molar-refractivity contribution in [2.24, 2.45) is 0 Å². The minimum Gasteiger partial charge on any atom is -0.419 e. The fourth-order valence-corrected chi connectivity index (χ4v) is 0.804. The van der Waals surface area contributed by atoms with Crippen molar-refractivity contribution in [1.29, 1.82) is 0 Å². The van der Waals surface area contributed by atoms with Gasteiger partial charge in [0.2, 0.25) is 0 Å². The Hall–Kier alpha value is 0.830. The molecule has 1 unspecified atom stereocenters. The molecule has 0 aliphatic rings. The van der Waals surface area contributed by atoms with Gasteiger partial charge in [0.05, 0.1) is 23.7 Å². The Morgan fingerprint density at radius 3 is 2.18 bits per heavy atom.